The Bertz CT molecular complexity index is 672. The Kier molecular flexibility index (Phi) is 6.07. The van der Waals surface area contributed by atoms with Crippen molar-refractivity contribution in [2.45, 2.75) is 26.0 Å². The molecule has 1 amide bonds. The Balaban J connectivity index is 2.05. The number of carbonyl (C=O) groups is 1. The summed E-state index contributed by atoms with van der Waals surface area (Å²) in [6, 6.07) is 14.5. The third kappa shape index (κ3) is 4.41. The zero-order valence-electron chi connectivity index (χ0n) is 14.4. The summed E-state index contributed by atoms with van der Waals surface area (Å²) in [6.45, 7) is 3.61. The van der Waals surface area contributed by atoms with Crippen molar-refractivity contribution in [3.63, 3.8) is 0 Å². The molecular formula is C19H23NO4. The van der Waals surface area contributed by atoms with Crippen LogP contribution >= 0.6 is 0 Å². The van der Waals surface area contributed by atoms with Crippen LogP contribution in [0, 0.1) is 0 Å². The normalized spacial score (nSPS) is 12.8. The summed E-state index contributed by atoms with van der Waals surface area (Å²) in [5, 5.41) is 2.94. The Hall–Kier alpha value is -2.69. The quantitative estimate of drug-likeness (QED) is 0.846. The van der Waals surface area contributed by atoms with Crippen LogP contribution in [0.1, 0.15) is 25.5 Å². The van der Waals surface area contributed by atoms with Gasteiger partial charge in [-0.1, -0.05) is 18.2 Å². The molecular weight excluding hydrogens is 306 g/mol. The predicted octanol–water partition coefficient (Wildman–Crippen LogP) is 3.35. The van der Waals surface area contributed by atoms with Crippen molar-refractivity contribution >= 4 is 5.91 Å². The number of ether oxygens (including phenoxy) is 3. The summed E-state index contributed by atoms with van der Waals surface area (Å²) in [6.07, 6.45) is -0.605. The third-order valence-electron chi connectivity index (χ3n) is 3.69. The van der Waals surface area contributed by atoms with E-state index in [0.29, 0.717) is 17.2 Å². The van der Waals surface area contributed by atoms with Gasteiger partial charge in [-0.25, -0.2) is 0 Å². The number of benzene rings is 2. The first-order valence-corrected chi connectivity index (χ1v) is 7.79. The maximum absolute atomic E-state index is 12.4. The van der Waals surface area contributed by atoms with Gasteiger partial charge in [0, 0.05) is 5.56 Å². The fourth-order valence-corrected chi connectivity index (χ4v) is 2.34. The summed E-state index contributed by atoms with van der Waals surface area (Å²) >= 11 is 0. The van der Waals surface area contributed by atoms with Gasteiger partial charge in [0.1, 0.15) is 17.2 Å². The molecule has 24 heavy (non-hydrogen) atoms. The maximum Gasteiger partial charge on any atom is 0.261 e. The second kappa shape index (κ2) is 8.24. The molecule has 2 unspecified atom stereocenters. The molecule has 0 radical (unpaired) electrons. The predicted molar refractivity (Wildman–Crippen MR) is 92.6 cm³/mol. The molecule has 5 nitrogen and oxygen atoms in total. The zero-order chi connectivity index (χ0) is 17.5. The van der Waals surface area contributed by atoms with Crippen LogP contribution in [0.5, 0.6) is 17.2 Å². The van der Waals surface area contributed by atoms with E-state index in [9.17, 15) is 4.79 Å². The van der Waals surface area contributed by atoms with E-state index < -0.39 is 6.10 Å². The van der Waals surface area contributed by atoms with Gasteiger partial charge in [0.05, 0.1) is 20.3 Å². The Morgan fingerprint density at radius 1 is 0.958 bits per heavy atom. The number of carbonyl (C=O) groups excluding carboxylic acids is 1. The molecule has 0 bridgehead atoms. The minimum absolute atomic E-state index is 0.198. The number of amides is 1. The van der Waals surface area contributed by atoms with Crippen LogP contribution in [-0.4, -0.2) is 26.2 Å². The lowest BCUT2D eigenvalue weighted by Gasteiger charge is -2.21. The van der Waals surface area contributed by atoms with E-state index in [1.165, 1.54) is 0 Å². The number of hydrogen-bond donors (Lipinski definition) is 1. The molecule has 2 aromatic rings. The van der Waals surface area contributed by atoms with Gasteiger partial charge >= 0.3 is 0 Å². The number of nitrogens with one attached hydrogen (secondary N) is 1. The molecule has 0 spiro atoms. The van der Waals surface area contributed by atoms with Crippen LogP contribution in [0.15, 0.2) is 48.5 Å². The van der Waals surface area contributed by atoms with Gasteiger partial charge in [0.2, 0.25) is 0 Å². The minimum Gasteiger partial charge on any atom is -0.497 e. The average molecular weight is 329 g/mol. The molecule has 2 atom stereocenters. The molecule has 2 aromatic carbocycles. The lowest BCUT2D eigenvalue weighted by atomic mass is 10.1. The second-order valence-corrected chi connectivity index (χ2v) is 5.41. The highest BCUT2D eigenvalue weighted by Gasteiger charge is 2.20. The molecule has 128 valence electrons. The Morgan fingerprint density at radius 3 is 2.29 bits per heavy atom. The second-order valence-electron chi connectivity index (χ2n) is 5.41. The third-order valence-corrected chi connectivity index (χ3v) is 3.69. The van der Waals surface area contributed by atoms with Crippen molar-refractivity contribution in [3.8, 4) is 17.2 Å². The van der Waals surface area contributed by atoms with Crippen LogP contribution in [0.2, 0.25) is 0 Å². The first kappa shape index (κ1) is 17.7. The van der Waals surface area contributed by atoms with Crippen molar-refractivity contribution in [2.24, 2.45) is 0 Å². The highest BCUT2D eigenvalue weighted by Crippen LogP contribution is 2.29. The molecule has 1 N–H and O–H groups in total. The summed E-state index contributed by atoms with van der Waals surface area (Å²) in [5.41, 5.74) is 0.845. The molecule has 0 aliphatic rings. The van der Waals surface area contributed by atoms with Crippen molar-refractivity contribution < 1.29 is 19.0 Å². The van der Waals surface area contributed by atoms with E-state index in [2.05, 4.69) is 5.32 Å². The Labute approximate surface area is 142 Å². The maximum atomic E-state index is 12.4. The largest absolute Gasteiger partial charge is 0.497 e. The van der Waals surface area contributed by atoms with Crippen LogP contribution in [0.3, 0.4) is 0 Å². The molecule has 0 heterocycles. The summed E-state index contributed by atoms with van der Waals surface area (Å²) in [5.74, 6) is 1.86. The topological polar surface area (TPSA) is 56.8 Å². The minimum atomic E-state index is -0.605. The molecule has 5 heteroatoms. The van der Waals surface area contributed by atoms with Crippen molar-refractivity contribution in [2.75, 3.05) is 14.2 Å². The number of hydrogen-bond acceptors (Lipinski definition) is 4. The van der Waals surface area contributed by atoms with Crippen LogP contribution in [-0.2, 0) is 4.79 Å². The van der Waals surface area contributed by atoms with Gasteiger partial charge in [0.15, 0.2) is 6.10 Å². The van der Waals surface area contributed by atoms with E-state index in [0.717, 1.165) is 5.56 Å². The Morgan fingerprint density at radius 2 is 1.67 bits per heavy atom. The van der Waals surface area contributed by atoms with E-state index in [1.54, 1.807) is 21.1 Å². The van der Waals surface area contributed by atoms with Crippen LogP contribution < -0.4 is 19.5 Å². The first-order chi connectivity index (χ1) is 11.5. The molecule has 2 rings (SSSR count). The number of para-hydroxylation sites is 1. The highest BCUT2D eigenvalue weighted by atomic mass is 16.5. The van der Waals surface area contributed by atoms with E-state index in [4.69, 9.17) is 14.2 Å². The van der Waals surface area contributed by atoms with Crippen LogP contribution in [0.25, 0.3) is 0 Å². The average Bonchev–Trinajstić information content (AvgIpc) is 2.61. The van der Waals surface area contributed by atoms with Gasteiger partial charge in [-0.3, -0.25) is 4.79 Å². The van der Waals surface area contributed by atoms with E-state index >= 15 is 0 Å². The van der Waals surface area contributed by atoms with Crippen molar-refractivity contribution in [3.05, 3.63) is 54.1 Å². The van der Waals surface area contributed by atoms with E-state index in [1.807, 2.05) is 55.5 Å². The summed E-state index contributed by atoms with van der Waals surface area (Å²) in [4.78, 5) is 12.4. The van der Waals surface area contributed by atoms with Crippen molar-refractivity contribution in [1.82, 2.24) is 5.32 Å². The lowest BCUT2D eigenvalue weighted by molar-refractivity contribution is -0.127. The van der Waals surface area contributed by atoms with Gasteiger partial charge in [-0.2, -0.15) is 0 Å². The smallest absolute Gasteiger partial charge is 0.261 e. The van der Waals surface area contributed by atoms with Crippen molar-refractivity contribution in [1.29, 1.82) is 0 Å². The highest BCUT2D eigenvalue weighted by molar-refractivity contribution is 5.81. The van der Waals surface area contributed by atoms with Gasteiger partial charge in [0.25, 0.3) is 5.91 Å². The fourth-order valence-electron chi connectivity index (χ4n) is 2.34. The molecule has 0 saturated heterocycles. The van der Waals surface area contributed by atoms with Gasteiger partial charge < -0.3 is 19.5 Å². The lowest BCUT2D eigenvalue weighted by Crippen LogP contribution is -2.37. The van der Waals surface area contributed by atoms with Gasteiger partial charge in [-0.15, -0.1) is 0 Å². The molecule has 0 aliphatic carbocycles. The number of methoxy groups -OCH3 is 2. The molecule has 0 fully saturated rings. The molecule has 0 saturated carbocycles. The van der Waals surface area contributed by atoms with E-state index in [-0.39, 0.29) is 11.9 Å². The summed E-state index contributed by atoms with van der Waals surface area (Å²) < 4.78 is 16.3. The van der Waals surface area contributed by atoms with Crippen LogP contribution in [0.4, 0.5) is 0 Å². The fraction of sp³-hybridized carbons (Fsp3) is 0.316. The SMILES string of the molecule is COc1ccc(OC)c(C(C)NC(=O)C(C)Oc2ccccc2)c1. The van der Waals surface area contributed by atoms with Gasteiger partial charge in [-0.05, 0) is 44.2 Å². The first-order valence-electron chi connectivity index (χ1n) is 7.79. The standard InChI is InChI=1S/C19H23NO4/c1-13(17-12-16(22-3)10-11-18(17)23-4)20-19(21)14(2)24-15-8-6-5-7-9-15/h5-14H,1-4H3,(H,20,21). The monoisotopic (exact) mass is 329 g/mol. The number of rotatable bonds is 7. The molecule has 0 aromatic heterocycles. The summed E-state index contributed by atoms with van der Waals surface area (Å²) in [7, 11) is 3.20. The molecule has 0 aliphatic heterocycles. The zero-order valence-corrected chi connectivity index (χ0v) is 14.4.